The van der Waals surface area contributed by atoms with Crippen molar-refractivity contribution in [1.82, 2.24) is 15.1 Å². The average Bonchev–Trinajstić information content (AvgIpc) is 2.64. The normalized spacial score (nSPS) is 25.2. The SMILES string of the molecule is CC1NC(=O)N(CCCN2CCN(c3ccccc3)CC2)C(=O)C1C. The van der Waals surface area contributed by atoms with Crippen molar-refractivity contribution in [1.29, 1.82) is 0 Å². The molecule has 6 heteroatoms. The Bertz CT molecular complexity index is 599. The molecule has 2 fully saturated rings. The van der Waals surface area contributed by atoms with Gasteiger partial charge in [0.15, 0.2) is 0 Å². The zero-order valence-corrected chi connectivity index (χ0v) is 15.1. The van der Waals surface area contributed by atoms with Crippen LogP contribution in [-0.2, 0) is 4.79 Å². The van der Waals surface area contributed by atoms with E-state index in [9.17, 15) is 9.59 Å². The van der Waals surface area contributed by atoms with Crippen molar-refractivity contribution in [3.05, 3.63) is 30.3 Å². The van der Waals surface area contributed by atoms with E-state index < -0.39 is 0 Å². The third-order valence-corrected chi connectivity index (χ3v) is 5.35. The van der Waals surface area contributed by atoms with E-state index in [0.29, 0.717) is 6.54 Å². The molecule has 6 nitrogen and oxygen atoms in total. The van der Waals surface area contributed by atoms with Gasteiger partial charge in [-0.15, -0.1) is 0 Å². The summed E-state index contributed by atoms with van der Waals surface area (Å²) in [6.07, 6.45) is 0.825. The highest BCUT2D eigenvalue weighted by Crippen LogP contribution is 2.17. The molecule has 0 aromatic heterocycles. The maximum atomic E-state index is 12.3. The van der Waals surface area contributed by atoms with E-state index in [4.69, 9.17) is 0 Å². The molecule has 3 amide bonds. The maximum absolute atomic E-state index is 12.3. The molecule has 136 valence electrons. The highest BCUT2D eigenvalue weighted by Gasteiger charge is 2.35. The van der Waals surface area contributed by atoms with Crippen LogP contribution in [0.15, 0.2) is 30.3 Å². The number of urea groups is 1. The molecule has 1 N–H and O–H groups in total. The van der Waals surface area contributed by atoms with Crippen molar-refractivity contribution in [2.24, 2.45) is 5.92 Å². The van der Waals surface area contributed by atoms with E-state index in [0.717, 1.165) is 39.1 Å². The number of carbonyl (C=O) groups is 2. The molecule has 3 rings (SSSR count). The molecule has 0 bridgehead atoms. The van der Waals surface area contributed by atoms with Crippen molar-refractivity contribution < 1.29 is 9.59 Å². The van der Waals surface area contributed by atoms with Gasteiger partial charge in [-0.05, 0) is 32.0 Å². The Kier molecular flexibility index (Phi) is 5.58. The second kappa shape index (κ2) is 7.87. The molecular formula is C19H28N4O2. The first kappa shape index (κ1) is 17.7. The van der Waals surface area contributed by atoms with Crippen molar-refractivity contribution in [2.75, 3.05) is 44.2 Å². The van der Waals surface area contributed by atoms with Crippen molar-refractivity contribution in [3.63, 3.8) is 0 Å². The van der Waals surface area contributed by atoms with Gasteiger partial charge in [-0.3, -0.25) is 14.6 Å². The number of carbonyl (C=O) groups excluding carboxylic acids is 2. The highest BCUT2D eigenvalue weighted by molar-refractivity contribution is 5.98. The van der Waals surface area contributed by atoms with Crippen molar-refractivity contribution >= 4 is 17.6 Å². The topological polar surface area (TPSA) is 55.9 Å². The number of hydrogen-bond acceptors (Lipinski definition) is 4. The second-order valence-electron chi connectivity index (χ2n) is 7.03. The number of rotatable bonds is 5. The molecule has 2 aliphatic rings. The molecule has 0 aliphatic carbocycles. The molecule has 1 aromatic rings. The first-order valence-electron chi connectivity index (χ1n) is 9.20. The Morgan fingerprint density at radius 1 is 1.00 bits per heavy atom. The first-order valence-corrected chi connectivity index (χ1v) is 9.20. The summed E-state index contributed by atoms with van der Waals surface area (Å²) in [6, 6.07) is 10.2. The predicted octanol–water partition coefficient (Wildman–Crippen LogP) is 1.78. The lowest BCUT2D eigenvalue weighted by molar-refractivity contribution is -0.134. The van der Waals surface area contributed by atoms with Crippen LogP contribution in [0, 0.1) is 5.92 Å². The Balaban J connectivity index is 1.42. The van der Waals surface area contributed by atoms with Crippen LogP contribution >= 0.6 is 0 Å². The first-order chi connectivity index (χ1) is 12.1. The lowest BCUT2D eigenvalue weighted by Gasteiger charge is -2.37. The zero-order valence-electron chi connectivity index (χ0n) is 15.1. The number of amides is 3. The number of nitrogens with zero attached hydrogens (tertiary/aromatic N) is 3. The molecule has 0 radical (unpaired) electrons. The summed E-state index contributed by atoms with van der Waals surface area (Å²) in [7, 11) is 0. The fourth-order valence-electron chi connectivity index (χ4n) is 3.49. The number of hydrogen-bond donors (Lipinski definition) is 1. The number of imide groups is 1. The fraction of sp³-hybridized carbons (Fsp3) is 0.579. The van der Waals surface area contributed by atoms with E-state index in [1.165, 1.54) is 10.6 Å². The average molecular weight is 344 g/mol. The third-order valence-electron chi connectivity index (χ3n) is 5.35. The lowest BCUT2D eigenvalue weighted by Crippen LogP contribution is -2.58. The number of anilines is 1. The molecule has 2 atom stereocenters. The number of nitrogens with one attached hydrogen (secondary N) is 1. The summed E-state index contributed by atoms with van der Waals surface area (Å²) in [5.41, 5.74) is 1.28. The molecule has 2 saturated heterocycles. The third kappa shape index (κ3) is 4.12. The van der Waals surface area contributed by atoms with Gasteiger partial charge in [0.2, 0.25) is 5.91 Å². The predicted molar refractivity (Wildman–Crippen MR) is 98.6 cm³/mol. The Morgan fingerprint density at radius 3 is 2.36 bits per heavy atom. The van der Waals surface area contributed by atoms with E-state index in [1.807, 2.05) is 19.9 Å². The molecule has 0 saturated carbocycles. The minimum atomic E-state index is -0.246. The summed E-state index contributed by atoms with van der Waals surface area (Å²) >= 11 is 0. The lowest BCUT2D eigenvalue weighted by atomic mass is 10.00. The van der Waals surface area contributed by atoms with Gasteiger partial charge in [-0.2, -0.15) is 0 Å². The monoisotopic (exact) mass is 344 g/mol. The van der Waals surface area contributed by atoms with Crippen molar-refractivity contribution in [3.8, 4) is 0 Å². The molecule has 25 heavy (non-hydrogen) atoms. The van der Waals surface area contributed by atoms with Gasteiger partial charge in [-0.25, -0.2) is 4.79 Å². The molecule has 2 aliphatic heterocycles. The number of benzene rings is 1. The fourth-order valence-corrected chi connectivity index (χ4v) is 3.49. The van der Waals surface area contributed by atoms with Crippen LogP contribution in [0.25, 0.3) is 0 Å². The standard InChI is InChI=1S/C19H28N4O2/c1-15-16(2)20-19(25)23(18(15)24)10-6-9-21-11-13-22(14-12-21)17-7-4-3-5-8-17/h3-5,7-8,15-16H,6,9-14H2,1-2H3,(H,20,25). The summed E-state index contributed by atoms with van der Waals surface area (Å²) in [4.78, 5) is 30.5. The van der Waals surface area contributed by atoms with Gasteiger partial charge in [0.25, 0.3) is 0 Å². The zero-order chi connectivity index (χ0) is 17.8. The summed E-state index contributed by atoms with van der Waals surface area (Å²) in [6.45, 7) is 9.24. The number of piperazine rings is 1. The van der Waals surface area contributed by atoms with Gasteiger partial charge in [0, 0.05) is 44.5 Å². The van der Waals surface area contributed by atoms with Crippen LogP contribution in [0.4, 0.5) is 10.5 Å². The number of para-hydroxylation sites is 1. The largest absolute Gasteiger partial charge is 0.369 e. The highest BCUT2D eigenvalue weighted by atomic mass is 16.2. The Morgan fingerprint density at radius 2 is 1.68 bits per heavy atom. The molecule has 2 unspecified atom stereocenters. The maximum Gasteiger partial charge on any atom is 0.324 e. The second-order valence-corrected chi connectivity index (χ2v) is 7.03. The van der Waals surface area contributed by atoms with Crippen LogP contribution < -0.4 is 10.2 Å². The smallest absolute Gasteiger partial charge is 0.324 e. The summed E-state index contributed by atoms with van der Waals surface area (Å²) < 4.78 is 0. The van der Waals surface area contributed by atoms with Gasteiger partial charge >= 0.3 is 6.03 Å². The van der Waals surface area contributed by atoms with Crippen LogP contribution in [0.1, 0.15) is 20.3 Å². The van der Waals surface area contributed by atoms with Crippen LogP contribution in [0.2, 0.25) is 0 Å². The minimum absolute atomic E-state index is 0.0508. The van der Waals surface area contributed by atoms with Gasteiger partial charge in [0.05, 0.1) is 5.92 Å². The summed E-state index contributed by atoms with van der Waals surface area (Å²) in [5.74, 6) is -0.197. The van der Waals surface area contributed by atoms with E-state index in [1.54, 1.807) is 0 Å². The molecular weight excluding hydrogens is 316 g/mol. The minimum Gasteiger partial charge on any atom is -0.369 e. The van der Waals surface area contributed by atoms with Crippen LogP contribution in [-0.4, -0.2) is 67.0 Å². The van der Waals surface area contributed by atoms with E-state index in [-0.39, 0.29) is 23.9 Å². The molecule has 2 heterocycles. The van der Waals surface area contributed by atoms with E-state index >= 15 is 0 Å². The Hall–Kier alpha value is -2.08. The van der Waals surface area contributed by atoms with E-state index in [2.05, 4.69) is 39.4 Å². The van der Waals surface area contributed by atoms with Gasteiger partial charge < -0.3 is 10.2 Å². The summed E-state index contributed by atoms with van der Waals surface area (Å²) in [5, 5.41) is 2.87. The van der Waals surface area contributed by atoms with Crippen molar-refractivity contribution in [2.45, 2.75) is 26.3 Å². The van der Waals surface area contributed by atoms with Gasteiger partial charge in [0.1, 0.15) is 0 Å². The molecule has 0 spiro atoms. The van der Waals surface area contributed by atoms with Gasteiger partial charge in [-0.1, -0.05) is 25.1 Å². The molecule has 1 aromatic carbocycles. The van der Waals surface area contributed by atoms with Crippen LogP contribution in [0.5, 0.6) is 0 Å². The van der Waals surface area contributed by atoms with Crippen LogP contribution in [0.3, 0.4) is 0 Å². The quantitative estimate of drug-likeness (QED) is 0.885. The Labute approximate surface area is 149 Å².